The Morgan fingerprint density at radius 2 is 1.81 bits per heavy atom. The molecule has 3 rings (SSSR count). The molecule has 0 amide bonds. The molecule has 122 valence electrons. The van der Waals surface area contributed by atoms with Crippen molar-refractivity contribution in [1.29, 1.82) is 0 Å². The van der Waals surface area contributed by atoms with Crippen molar-refractivity contribution in [2.75, 3.05) is 19.3 Å². The Bertz CT molecular complexity index is 477. The number of hydrogen-bond acceptors (Lipinski definition) is 4. The second kappa shape index (κ2) is 5.82. The van der Waals surface area contributed by atoms with E-state index in [0.29, 0.717) is 12.6 Å². The van der Waals surface area contributed by atoms with Gasteiger partial charge in [0.25, 0.3) is 0 Å². The summed E-state index contributed by atoms with van der Waals surface area (Å²) in [5, 5.41) is -0.254. The van der Waals surface area contributed by atoms with Gasteiger partial charge in [0, 0.05) is 18.8 Å². The molecule has 4 unspecified atom stereocenters. The van der Waals surface area contributed by atoms with Gasteiger partial charge in [0.2, 0.25) is 0 Å². The zero-order valence-corrected chi connectivity index (χ0v) is 14.1. The molecule has 21 heavy (non-hydrogen) atoms. The lowest BCUT2D eigenvalue weighted by atomic mass is 9.75. The SMILES string of the molecule is CS(=O)(=O)C1CCCC1(CN)N1CCCC2CCCCC21. The second-order valence-electron chi connectivity index (χ2n) is 7.47. The fourth-order valence-electron chi connectivity index (χ4n) is 5.49. The molecule has 0 aromatic carbocycles. The lowest BCUT2D eigenvalue weighted by Gasteiger charge is -2.54. The summed E-state index contributed by atoms with van der Waals surface area (Å²) in [5.41, 5.74) is 5.92. The quantitative estimate of drug-likeness (QED) is 0.864. The van der Waals surface area contributed by atoms with Crippen LogP contribution in [0.4, 0.5) is 0 Å². The van der Waals surface area contributed by atoms with Crippen LogP contribution in [0.15, 0.2) is 0 Å². The molecule has 2 aliphatic carbocycles. The summed E-state index contributed by atoms with van der Waals surface area (Å²) in [7, 11) is -3.03. The fourth-order valence-corrected chi connectivity index (χ4v) is 7.23. The third kappa shape index (κ3) is 2.66. The standard InChI is InChI=1S/C16H30N2O2S/c1-21(19,20)15-9-4-10-16(15,12-17)18-11-5-7-13-6-2-3-8-14(13)18/h13-15H,2-12,17H2,1H3. The first-order valence-corrected chi connectivity index (χ1v) is 10.6. The number of piperidine rings is 1. The largest absolute Gasteiger partial charge is 0.329 e. The van der Waals surface area contributed by atoms with Gasteiger partial charge in [0.15, 0.2) is 9.84 Å². The van der Waals surface area contributed by atoms with E-state index in [1.54, 1.807) is 0 Å². The Hall–Kier alpha value is -0.130. The van der Waals surface area contributed by atoms with Crippen molar-refractivity contribution in [3.63, 3.8) is 0 Å². The van der Waals surface area contributed by atoms with Crippen LogP contribution in [0.25, 0.3) is 0 Å². The van der Waals surface area contributed by atoms with E-state index in [1.807, 2.05) is 0 Å². The predicted molar refractivity (Wildman–Crippen MR) is 86.0 cm³/mol. The Morgan fingerprint density at radius 1 is 1.10 bits per heavy atom. The molecule has 0 radical (unpaired) electrons. The minimum atomic E-state index is -3.03. The smallest absolute Gasteiger partial charge is 0.152 e. The van der Waals surface area contributed by atoms with Crippen molar-refractivity contribution < 1.29 is 8.42 Å². The first kappa shape index (κ1) is 15.8. The summed E-state index contributed by atoms with van der Waals surface area (Å²) in [6, 6.07) is 0.582. The van der Waals surface area contributed by atoms with Crippen LogP contribution >= 0.6 is 0 Å². The van der Waals surface area contributed by atoms with Gasteiger partial charge < -0.3 is 5.73 Å². The lowest BCUT2D eigenvalue weighted by Crippen LogP contribution is -2.66. The van der Waals surface area contributed by atoms with Crippen molar-refractivity contribution in [3.05, 3.63) is 0 Å². The van der Waals surface area contributed by atoms with Crippen LogP contribution in [-0.4, -0.2) is 49.5 Å². The van der Waals surface area contributed by atoms with Gasteiger partial charge in [-0.05, 0) is 51.0 Å². The van der Waals surface area contributed by atoms with Gasteiger partial charge in [-0.3, -0.25) is 4.90 Å². The predicted octanol–water partition coefficient (Wildman–Crippen LogP) is 1.94. The number of nitrogens with two attached hydrogens (primary N) is 1. The molecule has 2 N–H and O–H groups in total. The summed E-state index contributed by atoms with van der Waals surface area (Å²) < 4.78 is 24.7. The minimum Gasteiger partial charge on any atom is -0.329 e. The van der Waals surface area contributed by atoms with Gasteiger partial charge in [-0.25, -0.2) is 8.42 Å². The molecular weight excluding hydrogens is 284 g/mol. The van der Waals surface area contributed by atoms with E-state index in [2.05, 4.69) is 4.90 Å². The molecule has 1 saturated heterocycles. The number of sulfone groups is 1. The zero-order chi connectivity index (χ0) is 15.1. The molecule has 1 aliphatic heterocycles. The molecule has 1 heterocycles. The van der Waals surface area contributed by atoms with Crippen LogP contribution in [0.2, 0.25) is 0 Å². The molecule has 3 aliphatic rings. The number of likely N-dealkylation sites (tertiary alicyclic amines) is 1. The summed E-state index contributed by atoms with van der Waals surface area (Å²) in [6.45, 7) is 1.54. The summed E-state index contributed by atoms with van der Waals surface area (Å²) in [6.07, 6.45) is 11.9. The van der Waals surface area contributed by atoms with E-state index >= 15 is 0 Å². The zero-order valence-electron chi connectivity index (χ0n) is 13.3. The molecule has 4 nitrogen and oxygen atoms in total. The maximum Gasteiger partial charge on any atom is 0.152 e. The van der Waals surface area contributed by atoms with E-state index in [0.717, 1.165) is 31.7 Å². The number of hydrogen-bond donors (Lipinski definition) is 1. The maximum atomic E-state index is 12.3. The van der Waals surface area contributed by atoms with E-state index < -0.39 is 9.84 Å². The van der Waals surface area contributed by atoms with Gasteiger partial charge in [-0.15, -0.1) is 0 Å². The highest BCUT2D eigenvalue weighted by atomic mass is 32.2. The molecule has 4 atom stereocenters. The van der Waals surface area contributed by atoms with Crippen LogP contribution in [0.3, 0.4) is 0 Å². The second-order valence-corrected chi connectivity index (χ2v) is 9.69. The maximum absolute atomic E-state index is 12.3. The van der Waals surface area contributed by atoms with E-state index in [9.17, 15) is 8.42 Å². The molecular formula is C16H30N2O2S. The van der Waals surface area contributed by atoms with Crippen LogP contribution in [0, 0.1) is 5.92 Å². The Morgan fingerprint density at radius 3 is 2.52 bits per heavy atom. The monoisotopic (exact) mass is 314 g/mol. The van der Waals surface area contributed by atoms with Crippen LogP contribution in [0.1, 0.15) is 57.8 Å². The van der Waals surface area contributed by atoms with Gasteiger partial charge in [0.05, 0.1) is 10.8 Å². The van der Waals surface area contributed by atoms with Crippen molar-refractivity contribution in [2.45, 2.75) is 74.6 Å². The summed E-state index contributed by atoms with van der Waals surface area (Å²) in [5.74, 6) is 0.775. The minimum absolute atomic E-state index is 0.254. The first-order chi connectivity index (χ1) is 9.99. The fraction of sp³-hybridized carbons (Fsp3) is 1.00. The highest BCUT2D eigenvalue weighted by Crippen LogP contribution is 2.45. The number of fused-ring (bicyclic) bond motifs is 1. The van der Waals surface area contributed by atoms with Gasteiger partial charge >= 0.3 is 0 Å². The first-order valence-electron chi connectivity index (χ1n) is 8.65. The van der Waals surface area contributed by atoms with Crippen LogP contribution < -0.4 is 5.73 Å². The molecule has 3 fully saturated rings. The molecule has 5 heteroatoms. The Labute approximate surface area is 129 Å². The highest BCUT2D eigenvalue weighted by Gasteiger charge is 2.54. The van der Waals surface area contributed by atoms with Crippen molar-refractivity contribution in [2.24, 2.45) is 11.7 Å². The average molecular weight is 314 g/mol. The van der Waals surface area contributed by atoms with Gasteiger partial charge in [0.1, 0.15) is 0 Å². The summed E-state index contributed by atoms with van der Waals surface area (Å²) >= 11 is 0. The summed E-state index contributed by atoms with van der Waals surface area (Å²) in [4.78, 5) is 2.57. The third-order valence-corrected chi connectivity index (χ3v) is 8.07. The molecule has 0 spiro atoms. The normalized spacial score (nSPS) is 41.9. The van der Waals surface area contributed by atoms with Crippen molar-refractivity contribution in [1.82, 2.24) is 4.90 Å². The average Bonchev–Trinajstić information content (AvgIpc) is 2.92. The Balaban J connectivity index is 1.94. The molecule has 0 aromatic rings. The molecule has 2 saturated carbocycles. The van der Waals surface area contributed by atoms with Crippen molar-refractivity contribution in [3.8, 4) is 0 Å². The van der Waals surface area contributed by atoms with Gasteiger partial charge in [-0.2, -0.15) is 0 Å². The van der Waals surface area contributed by atoms with Crippen molar-refractivity contribution >= 4 is 9.84 Å². The number of nitrogens with zero attached hydrogens (tertiary/aromatic N) is 1. The van der Waals surface area contributed by atoms with Crippen LogP contribution in [-0.2, 0) is 9.84 Å². The Kier molecular flexibility index (Phi) is 4.37. The van der Waals surface area contributed by atoms with Crippen LogP contribution in [0.5, 0.6) is 0 Å². The molecule has 0 aromatic heterocycles. The lowest BCUT2D eigenvalue weighted by molar-refractivity contribution is -0.0213. The van der Waals surface area contributed by atoms with E-state index in [4.69, 9.17) is 5.73 Å². The topological polar surface area (TPSA) is 63.4 Å². The van der Waals surface area contributed by atoms with Gasteiger partial charge in [-0.1, -0.05) is 19.3 Å². The highest BCUT2D eigenvalue weighted by molar-refractivity contribution is 7.91. The van der Waals surface area contributed by atoms with E-state index in [1.165, 1.54) is 44.8 Å². The number of rotatable bonds is 3. The molecule has 0 bridgehead atoms. The van der Waals surface area contributed by atoms with E-state index in [-0.39, 0.29) is 10.8 Å². The third-order valence-electron chi connectivity index (χ3n) is 6.36.